The zero-order valence-corrected chi connectivity index (χ0v) is 11.0. The Morgan fingerprint density at radius 3 is 2.61 bits per heavy atom. The Bertz CT molecular complexity index is 442. The number of rotatable bonds is 3. The van der Waals surface area contributed by atoms with Gasteiger partial charge in [0.2, 0.25) is 0 Å². The van der Waals surface area contributed by atoms with E-state index in [2.05, 4.69) is 6.92 Å². The van der Waals surface area contributed by atoms with Gasteiger partial charge in [0.1, 0.15) is 5.02 Å². The molecule has 98 valence electrons. The van der Waals surface area contributed by atoms with Crippen molar-refractivity contribution >= 4 is 17.3 Å². The minimum Gasteiger partial charge on any atom is -0.483 e. The highest BCUT2D eigenvalue weighted by atomic mass is 35.5. The minimum absolute atomic E-state index is 0.0679. The molecule has 0 atom stereocenters. The smallest absolute Gasteiger partial charge is 0.329 e. The number of nitro groups is 1. The second kappa shape index (κ2) is 5.57. The molecule has 1 aromatic rings. The Morgan fingerprint density at radius 2 is 2.00 bits per heavy atom. The molecule has 5 heteroatoms. The number of halogens is 1. The van der Waals surface area contributed by atoms with Crippen molar-refractivity contribution in [3.05, 3.63) is 33.3 Å². The number of ether oxygens (including phenoxy) is 1. The Morgan fingerprint density at radius 1 is 1.33 bits per heavy atom. The summed E-state index contributed by atoms with van der Waals surface area (Å²) >= 11 is 5.84. The first-order chi connectivity index (χ1) is 8.58. The van der Waals surface area contributed by atoms with Crippen molar-refractivity contribution in [2.45, 2.75) is 38.7 Å². The summed E-state index contributed by atoms with van der Waals surface area (Å²) in [6.07, 6.45) is 4.19. The second-order valence-corrected chi connectivity index (χ2v) is 5.25. The van der Waals surface area contributed by atoms with Crippen molar-refractivity contribution in [1.29, 1.82) is 0 Å². The number of nitro benzene ring substituents is 1. The fourth-order valence-corrected chi connectivity index (χ4v) is 2.53. The van der Waals surface area contributed by atoms with E-state index in [1.165, 1.54) is 6.07 Å². The number of nitrogens with zero attached hydrogens (tertiary/aromatic N) is 1. The van der Waals surface area contributed by atoms with Crippen LogP contribution in [0.25, 0.3) is 0 Å². The van der Waals surface area contributed by atoms with E-state index in [1.807, 2.05) is 0 Å². The fraction of sp³-hybridized carbons (Fsp3) is 0.538. The van der Waals surface area contributed by atoms with Gasteiger partial charge in [-0.1, -0.05) is 24.6 Å². The lowest BCUT2D eigenvalue weighted by Crippen LogP contribution is -2.23. The van der Waals surface area contributed by atoms with Crippen molar-refractivity contribution in [2.75, 3.05) is 0 Å². The highest BCUT2D eigenvalue weighted by molar-refractivity contribution is 6.32. The zero-order valence-electron chi connectivity index (χ0n) is 10.3. The third kappa shape index (κ3) is 2.93. The van der Waals surface area contributed by atoms with Crippen molar-refractivity contribution in [2.24, 2.45) is 5.92 Å². The van der Waals surface area contributed by atoms with Crippen LogP contribution in [0.2, 0.25) is 5.02 Å². The average Bonchev–Trinajstić information content (AvgIpc) is 2.32. The first-order valence-electron chi connectivity index (χ1n) is 6.17. The van der Waals surface area contributed by atoms with Gasteiger partial charge in [-0.2, -0.15) is 0 Å². The Hall–Kier alpha value is -1.29. The molecule has 1 fully saturated rings. The quantitative estimate of drug-likeness (QED) is 0.610. The average molecular weight is 270 g/mol. The first kappa shape index (κ1) is 13.1. The largest absolute Gasteiger partial charge is 0.483 e. The fourth-order valence-electron chi connectivity index (χ4n) is 2.29. The number of hydrogen-bond acceptors (Lipinski definition) is 3. The lowest BCUT2D eigenvalue weighted by atomic mass is 9.89. The summed E-state index contributed by atoms with van der Waals surface area (Å²) in [6, 6.07) is 4.80. The maximum Gasteiger partial charge on any atom is 0.329 e. The molecule has 0 bridgehead atoms. The van der Waals surface area contributed by atoms with Gasteiger partial charge in [-0.15, -0.1) is 0 Å². The molecule has 0 amide bonds. The summed E-state index contributed by atoms with van der Waals surface area (Å²) < 4.78 is 5.75. The summed E-state index contributed by atoms with van der Waals surface area (Å²) in [6.45, 7) is 2.22. The van der Waals surface area contributed by atoms with Gasteiger partial charge in [0.05, 0.1) is 11.0 Å². The van der Waals surface area contributed by atoms with Gasteiger partial charge in [-0.3, -0.25) is 10.1 Å². The molecule has 0 spiro atoms. The summed E-state index contributed by atoms with van der Waals surface area (Å²) in [5.41, 5.74) is -0.127. The first-order valence-corrected chi connectivity index (χ1v) is 6.55. The van der Waals surface area contributed by atoms with Gasteiger partial charge in [-0.25, -0.2) is 0 Å². The van der Waals surface area contributed by atoms with Crippen molar-refractivity contribution < 1.29 is 9.66 Å². The number of hydrogen-bond donors (Lipinski definition) is 0. The lowest BCUT2D eigenvalue weighted by Gasteiger charge is -2.26. The van der Waals surface area contributed by atoms with Crippen LogP contribution in [0, 0.1) is 16.0 Å². The molecule has 0 aromatic heterocycles. The van der Waals surface area contributed by atoms with E-state index in [4.69, 9.17) is 16.3 Å². The van der Waals surface area contributed by atoms with Gasteiger partial charge in [0.25, 0.3) is 0 Å². The number of benzene rings is 1. The predicted octanol–water partition coefficient (Wildman–Crippen LogP) is 4.21. The summed E-state index contributed by atoms with van der Waals surface area (Å²) in [5.74, 6) is 1.01. The topological polar surface area (TPSA) is 52.4 Å². The van der Waals surface area contributed by atoms with Crippen LogP contribution in [0.5, 0.6) is 5.75 Å². The van der Waals surface area contributed by atoms with Crippen LogP contribution < -0.4 is 4.74 Å². The third-order valence-corrected chi connectivity index (χ3v) is 3.69. The molecule has 0 aliphatic heterocycles. The molecular formula is C13H16ClNO3. The second-order valence-electron chi connectivity index (χ2n) is 4.84. The monoisotopic (exact) mass is 269 g/mol. The summed E-state index contributed by atoms with van der Waals surface area (Å²) in [4.78, 5) is 10.5. The molecule has 0 radical (unpaired) electrons. The SMILES string of the molecule is CC1CCC(Oc2cccc(Cl)c2[N+](=O)[O-])CC1. The van der Waals surface area contributed by atoms with Gasteiger partial charge in [-0.05, 0) is 43.7 Å². The molecular weight excluding hydrogens is 254 g/mol. The van der Waals surface area contributed by atoms with Crippen LogP contribution in [0.4, 0.5) is 5.69 Å². The Balaban J connectivity index is 2.14. The third-order valence-electron chi connectivity index (χ3n) is 3.39. The van der Waals surface area contributed by atoms with Gasteiger partial charge < -0.3 is 4.74 Å². The maximum atomic E-state index is 11.0. The van der Waals surface area contributed by atoms with Gasteiger partial charge >= 0.3 is 5.69 Å². The Kier molecular flexibility index (Phi) is 4.07. The van der Waals surface area contributed by atoms with E-state index in [1.54, 1.807) is 12.1 Å². The summed E-state index contributed by atoms with van der Waals surface area (Å²) in [7, 11) is 0. The zero-order chi connectivity index (χ0) is 13.1. The molecule has 0 unspecified atom stereocenters. The van der Waals surface area contributed by atoms with Gasteiger partial charge in [0.15, 0.2) is 5.75 Å². The highest BCUT2D eigenvalue weighted by Gasteiger charge is 2.25. The van der Waals surface area contributed by atoms with E-state index in [9.17, 15) is 10.1 Å². The van der Waals surface area contributed by atoms with E-state index in [0.717, 1.165) is 31.6 Å². The standard InChI is InChI=1S/C13H16ClNO3/c1-9-5-7-10(8-6-9)18-12-4-2-3-11(14)13(12)15(16)17/h2-4,9-10H,5-8H2,1H3. The molecule has 1 aromatic carbocycles. The molecule has 4 nitrogen and oxygen atoms in total. The molecule has 0 N–H and O–H groups in total. The molecule has 0 heterocycles. The highest BCUT2D eigenvalue weighted by Crippen LogP contribution is 2.36. The van der Waals surface area contributed by atoms with Gasteiger partial charge in [0, 0.05) is 0 Å². The molecule has 1 aliphatic carbocycles. The van der Waals surface area contributed by atoms with Crippen LogP contribution in [0.1, 0.15) is 32.6 Å². The van der Waals surface area contributed by atoms with Crippen LogP contribution in [0.3, 0.4) is 0 Å². The normalized spacial score (nSPS) is 23.7. The molecule has 1 aliphatic rings. The lowest BCUT2D eigenvalue weighted by molar-refractivity contribution is -0.385. The van der Waals surface area contributed by atoms with Crippen LogP contribution >= 0.6 is 11.6 Å². The Labute approximate surface area is 111 Å². The predicted molar refractivity (Wildman–Crippen MR) is 70.2 cm³/mol. The van der Waals surface area contributed by atoms with E-state index < -0.39 is 4.92 Å². The maximum absolute atomic E-state index is 11.0. The van der Waals surface area contributed by atoms with Crippen molar-refractivity contribution in [1.82, 2.24) is 0 Å². The van der Waals surface area contributed by atoms with E-state index in [0.29, 0.717) is 0 Å². The van der Waals surface area contributed by atoms with E-state index in [-0.39, 0.29) is 22.6 Å². The number of para-hydroxylation sites is 1. The van der Waals surface area contributed by atoms with Crippen molar-refractivity contribution in [3.63, 3.8) is 0 Å². The molecule has 18 heavy (non-hydrogen) atoms. The summed E-state index contributed by atoms with van der Waals surface area (Å²) in [5, 5.41) is 11.1. The molecule has 2 rings (SSSR count). The van der Waals surface area contributed by atoms with Crippen molar-refractivity contribution in [3.8, 4) is 5.75 Å². The van der Waals surface area contributed by atoms with E-state index >= 15 is 0 Å². The minimum atomic E-state index is -0.483. The van der Waals surface area contributed by atoms with Crippen LogP contribution in [-0.2, 0) is 0 Å². The van der Waals surface area contributed by atoms with Crippen LogP contribution in [-0.4, -0.2) is 11.0 Å². The molecule has 1 saturated carbocycles. The molecule has 0 saturated heterocycles. The van der Waals surface area contributed by atoms with Crippen LogP contribution in [0.15, 0.2) is 18.2 Å².